The van der Waals surface area contributed by atoms with E-state index in [1.807, 2.05) is 20.8 Å². The van der Waals surface area contributed by atoms with Gasteiger partial charge in [0.2, 0.25) is 5.91 Å². The van der Waals surface area contributed by atoms with Crippen molar-refractivity contribution >= 4 is 23.2 Å². The number of rotatable bonds is 7. The molecule has 0 spiro atoms. The minimum atomic E-state index is 0.0471. The Hall–Kier alpha value is -1.63. The number of aryl methyl sites for hydroxylation is 1. The van der Waals surface area contributed by atoms with Crippen molar-refractivity contribution in [2.45, 2.75) is 39.7 Å². The molecule has 0 atom stereocenters. The van der Waals surface area contributed by atoms with E-state index in [9.17, 15) is 4.79 Å². The van der Waals surface area contributed by atoms with E-state index in [4.69, 9.17) is 0 Å². The van der Waals surface area contributed by atoms with Crippen molar-refractivity contribution in [1.82, 2.24) is 20.9 Å². The van der Waals surface area contributed by atoms with Crippen LogP contribution >= 0.6 is 11.3 Å². The number of hydrogen-bond donors (Lipinski definition) is 3. The van der Waals surface area contributed by atoms with Crippen molar-refractivity contribution in [3.8, 4) is 0 Å². The van der Waals surface area contributed by atoms with E-state index in [-0.39, 0.29) is 11.9 Å². The Kier molecular flexibility index (Phi) is 7.74. The van der Waals surface area contributed by atoms with E-state index in [1.54, 1.807) is 18.4 Å². The lowest BCUT2D eigenvalue weighted by Gasteiger charge is -2.12. The van der Waals surface area contributed by atoms with Gasteiger partial charge in [-0.1, -0.05) is 0 Å². The summed E-state index contributed by atoms with van der Waals surface area (Å²) in [6.45, 7) is 7.23. The lowest BCUT2D eigenvalue weighted by molar-refractivity contribution is -0.121. The molecule has 0 radical (unpaired) electrons. The second-order valence-corrected chi connectivity index (χ2v) is 6.07. The third kappa shape index (κ3) is 7.65. The van der Waals surface area contributed by atoms with Gasteiger partial charge in [-0.2, -0.15) is 0 Å². The van der Waals surface area contributed by atoms with Gasteiger partial charge in [0.1, 0.15) is 0 Å². The molecule has 21 heavy (non-hydrogen) atoms. The average Bonchev–Trinajstić information content (AvgIpc) is 2.82. The summed E-state index contributed by atoms with van der Waals surface area (Å²) in [4.78, 5) is 20.0. The summed E-state index contributed by atoms with van der Waals surface area (Å²) >= 11 is 1.66. The van der Waals surface area contributed by atoms with Crippen LogP contribution in [0.5, 0.6) is 0 Å². The molecule has 1 heterocycles. The lowest BCUT2D eigenvalue weighted by atomic mass is 10.3. The molecule has 0 bridgehead atoms. The first-order valence-electron chi connectivity index (χ1n) is 7.16. The van der Waals surface area contributed by atoms with Crippen LogP contribution in [0.1, 0.15) is 31.0 Å². The molecule has 6 nitrogen and oxygen atoms in total. The van der Waals surface area contributed by atoms with Crippen molar-refractivity contribution in [3.63, 3.8) is 0 Å². The van der Waals surface area contributed by atoms with Gasteiger partial charge < -0.3 is 16.0 Å². The van der Waals surface area contributed by atoms with Gasteiger partial charge in [-0.25, -0.2) is 4.98 Å². The third-order valence-electron chi connectivity index (χ3n) is 2.66. The molecule has 0 saturated heterocycles. The fourth-order valence-corrected chi connectivity index (χ4v) is 2.39. The quantitative estimate of drug-likeness (QED) is 0.520. The summed E-state index contributed by atoms with van der Waals surface area (Å²) in [5.74, 6) is 0.755. The summed E-state index contributed by atoms with van der Waals surface area (Å²) in [5.41, 5.74) is 1.09. The van der Waals surface area contributed by atoms with Gasteiger partial charge >= 0.3 is 0 Å². The highest BCUT2D eigenvalue weighted by molar-refractivity contribution is 7.09. The predicted octanol–water partition coefficient (Wildman–Crippen LogP) is 1.07. The summed E-state index contributed by atoms with van der Waals surface area (Å²) in [5, 5.41) is 12.4. The highest BCUT2D eigenvalue weighted by Gasteiger charge is 2.04. The maximum Gasteiger partial charge on any atom is 0.221 e. The molecule has 0 fully saturated rings. The zero-order chi connectivity index (χ0) is 15.7. The Morgan fingerprint density at radius 2 is 2.10 bits per heavy atom. The summed E-state index contributed by atoms with van der Waals surface area (Å²) in [6, 6.07) is 0.177. The van der Waals surface area contributed by atoms with Crippen LogP contribution in [0.4, 0.5) is 0 Å². The van der Waals surface area contributed by atoms with Crippen molar-refractivity contribution in [2.24, 2.45) is 4.99 Å². The van der Waals surface area contributed by atoms with Gasteiger partial charge in [0.05, 0.1) is 10.7 Å². The van der Waals surface area contributed by atoms with E-state index in [2.05, 4.69) is 31.3 Å². The zero-order valence-electron chi connectivity index (χ0n) is 13.2. The molecule has 7 heteroatoms. The molecule has 0 aliphatic rings. The van der Waals surface area contributed by atoms with Gasteiger partial charge in [-0.15, -0.1) is 11.3 Å². The van der Waals surface area contributed by atoms with Crippen molar-refractivity contribution in [3.05, 3.63) is 16.1 Å². The monoisotopic (exact) mass is 311 g/mol. The van der Waals surface area contributed by atoms with E-state index in [0.29, 0.717) is 18.9 Å². The number of nitrogens with zero attached hydrogens (tertiary/aromatic N) is 2. The summed E-state index contributed by atoms with van der Waals surface area (Å²) < 4.78 is 0. The van der Waals surface area contributed by atoms with E-state index >= 15 is 0 Å². The molecule has 1 amide bonds. The minimum Gasteiger partial charge on any atom is -0.356 e. The predicted molar refractivity (Wildman–Crippen MR) is 87.8 cm³/mol. The number of aromatic nitrogens is 1. The molecule has 0 aliphatic heterocycles. The number of hydrogen-bond acceptors (Lipinski definition) is 4. The molecule has 1 aromatic heterocycles. The summed E-state index contributed by atoms with van der Waals surface area (Å²) in [6.07, 6.45) is 1.29. The number of carbonyl (C=O) groups excluding carboxylic acids is 1. The third-order valence-corrected chi connectivity index (χ3v) is 3.48. The smallest absolute Gasteiger partial charge is 0.221 e. The SMILES string of the molecule is CN=C(NCCC(=O)NC(C)C)NCCc1csc(C)n1. The highest BCUT2D eigenvalue weighted by Crippen LogP contribution is 2.07. The molecular weight excluding hydrogens is 286 g/mol. The van der Waals surface area contributed by atoms with Gasteiger partial charge in [0, 0.05) is 44.4 Å². The van der Waals surface area contributed by atoms with Crippen LogP contribution in [0.3, 0.4) is 0 Å². The molecule has 1 rings (SSSR count). The Morgan fingerprint density at radius 1 is 1.38 bits per heavy atom. The number of thiazole rings is 1. The average molecular weight is 311 g/mol. The second kappa shape index (κ2) is 9.33. The van der Waals surface area contributed by atoms with Crippen molar-refractivity contribution in [2.75, 3.05) is 20.1 Å². The van der Waals surface area contributed by atoms with E-state index in [0.717, 1.165) is 23.7 Å². The molecule has 118 valence electrons. The Labute approximate surface area is 130 Å². The standard InChI is InChI=1S/C14H25N5OS/c1-10(2)18-13(20)6-8-17-14(15-4)16-7-5-12-9-21-11(3)19-12/h9-10H,5-8H2,1-4H3,(H,18,20)(H2,15,16,17). The Balaban J connectivity index is 2.18. The number of nitrogens with one attached hydrogen (secondary N) is 3. The van der Waals surface area contributed by atoms with E-state index < -0.39 is 0 Å². The van der Waals surface area contributed by atoms with Crippen LogP contribution in [0.25, 0.3) is 0 Å². The molecule has 0 aliphatic carbocycles. The fourth-order valence-electron chi connectivity index (χ4n) is 1.74. The lowest BCUT2D eigenvalue weighted by Crippen LogP contribution is -2.40. The molecule has 3 N–H and O–H groups in total. The fraction of sp³-hybridized carbons (Fsp3) is 0.643. The van der Waals surface area contributed by atoms with Gasteiger partial charge in [0.25, 0.3) is 0 Å². The molecule has 0 saturated carbocycles. The largest absolute Gasteiger partial charge is 0.356 e. The molecule has 0 unspecified atom stereocenters. The van der Waals surface area contributed by atoms with Crippen LogP contribution in [-0.4, -0.2) is 43.0 Å². The molecule has 0 aromatic carbocycles. The Morgan fingerprint density at radius 3 is 2.67 bits per heavy atom. The van der Waals surface area contributed by atoms with Crippen LogP contribution in [-0.2, 0) is 11.2 Å². The maximum atomic E-state index is 11.5. The first-order chi connectivity index (χ1) is 10.0. The minimum absolute atomic E-state index is 0.0471. The second-order valence-electron chi connectivity index (χ2n) is 5.01. The summed E-state index contributed by atoms with van der Waals surface area (Å²) in [7, 11) is 1.72. The van der Waals surface area contributed by atoms with E-state index in [1.165, 1.54) is 0 Å². The number of carbonyl (C=O) groups is 1. The molecule has 1 aromatic rings. The van der Waals surface area contributed by atoms with Crippen LogP contribution in [0.15, 0.2) is 10.4 Å². The van der Waals surface area contributed by atoms with Gasteiger partial charge in [-0.3, -0.25) is 9.79 Å². The normalized spacial score (nSPS) is 11.6. The zero-order valence-corrected chi connectivity index (χ0v) is 14.0. The first-order valence-corrected chi connectivity index (χ1v) is 8.04. The number of guanidine groups is 1. The topological polar surface area (TPSA) is 78.4 Å². The number of amides is 1. The Bertz CT molecular complexity index is 470. The van der Waals surface area contributed by atoms with Crippen molar-refractivity contribution < 1.29 is 4.79 Å². The highest BCUT2D eigenvalue weighted by atomic mass is 32.1. The first kappa shape index (κ1) is 17.4. The molecular formula is C14H25N5OS. The van der Waals surface area contributed by atoms with Crippen molar-refractivity contribution in [1.29, 1.82) is 0 Å². The number of aliphatic imine (C=N–C) groups is 1. The maximum absolute atomic E-state index is 11.5. The van der Waals surface area contributed by atoms with Crippen LogP contribution in [0, 0.1) is 6.92 Å². The van der Waals surface area contributed by atoms with Crippen LogP contribution in [0.2, 0.25) is 0 Å². The van der Waals surface area contributed by atoms with Crippen LogP contribution < -0.4 is 16.0 Å². The van der Waals surface area contributed by atoms with Gasteiger partial charge in [-0.05, 0) is 20.8 Å². The van der Waals surface area contributed by atoms with Gasteiger partial charge in [0.15, 0.2) is 5.96 Å².